The maximum absolute atomic E-state index is 12.7. The van der Waals surface area contributed by atoms with Gasteiger partial charge in [-0.1, -0.05) is 56.5 Å². The van der Waals surface area contributed by atoms with Gasteiger partial charge in [-0.3, -0.25) is 14.6 Å². The summed E-state index contributed by atoms with van der Waals surface area (Å²) in [6, 6.07) is 12.3. The summed E-state index contributed by atoms with van der Waals surface area (Å²) >= 11 is 0. The average Bonchev–Trinajstić information content (AvgIpc) is 3.28. The largest absolute Gasteiger partial charge is 0.480 e. The molecular formula is C30H43N5O2. The number of anilines is 1. The van der Waals surface area contributed by atoms with Crippen molar-refractivity contribution >= 4 is 11.9 Å². The van der Waals surface area contributed by atoms with Gasteiger partial charge in [-0.25, -0.2) is 9.97 Å². The van der Waals surface area contributed by atoms with E-state index in [-0.39, 0.29) is 23.5 Å². The molecule has 1 N–H and O–H groups in total. The molecule has 2 aliphatic heterocycles. The predicted octanol–water partition coefficient (Wildman–Crippen LogP) is 5.00. The normalized spacial score (nSPS) is 28.7. The number of rotatable bonds is 8. The number of aromatic nitrogens is 2. The number of carboxylic acid groups (broad SMARTS) is 1. The van der Waals surface area contributed by atoms with Gasteiger partial charge < -0.3 is 10.0 Å². The number of carbonyl (C=O) groups is 1. The number of likely N-dealkylation sites (tertiary alicyclic amines) is 2. The summed E-state index contributed by atoms with van der Waals surface area (Å²) in [5.41, 5.74) is 1.03. The van der Waals surface area contributed by atoms with Crippen LogP contribution in [0.1, 0.15) is 70.8 Å². The SMILES string of the molecule is CCN(c1ncccn1)C1CCCCN1[C@@]1(c2ccccc2)CN([C@@H](C(=O)O)C2CCCCC2)C[C@@H]1C. The Morgan fingerprint density at radius 2 is 1.76 bits per heavy atom. The molecule has 0 spiro atoms. The molecular weight excluding hydrogens is 462 g/mol. The minimum atomic E-state index is -0.647. The molecule has 37 heavy (non-hydrogen) atoms. The molecule has 7 nitrogen and oxygen atoms in total. The first kappa shape index (κ1) is 26.1. The van der Waals surface area contributed by atoms with Gasteiger partial charge in [0.1, 0.15) is 6.04 Å². The van der Waals surface area contributed by atoms with Crippen LogP contribution in [-0.4, -0.2) is 69.2 Å². The van der Waals surface area contributed by atoms with Gasteiger partial charge in [-0.15, -0.1) is 0 Å². The summed E-state index contributed by atoms with van der Waals surface area (Å²) in [5, 5.41) is 10.5. The van der Waals surface area contributed by atoms with Crippen molar-refractivity contribution in [3.8, 4) is 0 Å². The van der Waals surface area contributed by atoms with E-state index < -0.39 is 12.0 Å². The van der Waals surface area contributed by atoms with Gasteiger partial charge in [0.05, 0.1) is 11.7 Å². The van der Waals surface area contributed by atoms with Crippen molar-refractivity contribution in [2.45, 2.75) is 83.0 Å². The van der Waals surface area contributed by atoms with E-state index in [1.54, 1.807) is 0 Å². The van der Waals surface area contributed by atoms with Gasteiger partial charge in [0.2, 0.25) is 5.95 Å². The second-order valence-corrected chi connectivity index (χ2v) is 11.3. The Bertz CT molecular complexity index is 1020. The van der Waals surface area contributed by atoms with Gasteiger partial charge in [-0.05, 0) is 62.5 Å². The van der Waals surface area contributed by atoms with Gasteiger partial charge in [0, 0.05) is 38.6 Å². The van der Waals surface area contributed by atoms with Crippen molar-refractivity contribution < 1.29 is 9.90 Å². The number of piperidine rings is 1. The fourth-order valence-corrected chi connectivity index (χ4v) is 7.62. The van der Waals surface area contributed by atoms with E-state index in [1.165, 1.54) is 18.4 Å². The lowest BCUT2D eigenvalue weighted by atomic mass is 9.78. The molecule has 0 bridgehead atoms. The van der Waals surface area contributed by atoms with Gasteiger partial charge in [-0.2, -0.15) is 0 Å². The maximum Gasteiger partial charge on any atom is 0.321 e. The zero-order valence-electron chi connectivity index (χ0n) is 22.5. The van der Waals surface area contributed by atoms with Crippen molar-refractivity contribution in [3.63, 3.8) is 0 Å². The van der Waals surface area contributed by atoms with E-state index in [0.29, 0.717) is 0 Å². The first-order valence-corrected chi connectivity index (χ1v) is 14.4. The Kier molecular flexibility index (Phi) is 8.10. The Morgan fingerprint density at radius 1 is 1.05 bits per heavy atom. The molecule has 0 amide bonds. The van der Waals surface area contributed by atoms with Crippen LogP contribution in [0.5, 0.6) is 0 Å². The van der Waals surface area contributed by atoms with Crippen molar-refractivity contribution in [1.29, 1.82) is 0 Å². The van der Waals surface area contributed by atoms with Gasteiger partial charge in [0.15, 0.2) is 0 Å². The zero-order chi connectivity index (χ0) is 25.8. The first-order chi connectivity index (χ1) is 18.1. The molecule has 5 rings (SSSR count). The van der Waals surface area contributed by atoms with E-state index in [4.69, 9.17) is 0 Å². The molecule has 1 aromatic heterocycles. The van der Waals surface area contributed by atoms with E-state index in [1.807, 2.05) is 18.5 Å². The third-order valence-electron chi connectivity index (χ3n) is 9.28. The van der Waals surface area contributed by atoms with Gasteiger partial charge >= 0.3 is 5.97 Å². The molecule has 2 saturated heterocycles. The summed E-state index contributed by atoms with van der Waals surface area (Å²) in [5.74, 6) is 0.660. The van der Waals surface area contributed by atoms with E-state index in [2.05, 4.69) is 68.8 Å². The molecule has 3 fully saturated rings. The number of hydrogen-bond acceptors (Lipinski definition) is 6. The number of nitrogens with zero attached hydrogens (tertiary/aromatic N) is 5. The number of aliphatic carboxylic acids is 1. The van der Waals surface area contributed by atoms with Crippen LogP contribution in [0.2, 0.25) is 0 Å². The third-order valence-corrected chi connectivity index (χ3v) is 9.28. The van der Waals surface area contributed by atoms with Crippen LogP contribution >= 0.6 is 0 Å². The van der Waals surface area contributed by atoms with E-state index in [0.717, 1.165) is 70.7 Å². The maximum atomic E-state index is 12.7. The highest BCUT2D eigenvalue weighted by atomic mass is 16.4. The quantitative estimate of drug-likeness (QED) is 0.541. The van der Waals surface area contributed by atoms with Crippen LogP contribution in [0.3, 0.4) is 0 Å². The smallest absolute Gasteiger partial charge is 0.321 e. The highest BCUT2D eigenvalue weighted by Crippen LogP contribution is 2.47. The molecule has 200 valence electrons. The summed E-state index contributed by atoms with van der Waals surface area (Å²) in [7, 11) is 0. The van der Waals surface area contributed by atoms with Crippen LogP contribution in [-0.2, 0) is 10.3 Å². The number of hydrogen-bond donors (Lipinski definition) is 1. The molecule has 3 aliphatic rings. The Labute approximate surface area is 221 Å². The Morgan fingerprint density at radius 3 is 2.43 bits per heavy atom. The Balaban J connectivity index is 1.55. The molecule has 1 aromatic carbocycles. The summed E-state index contributed by atoms with van der Waals surface area (Å²) in [6.45, 7) is 7.89. The molecule has 3 heterocycles. The molecule has 4 atom stereocenters. The highest BCUT2D eigenvalue weighted by molar-refractivity contribution is 5.74. The summed E-state index contributed by atoms with van der Waals surface area (Å²) in [4.78, 5) is 29.4. The van der Waals surface area contributed by atoms with Crippen molar-refractivity contribution in [2.75, 3.05) is 31.1 Å². The zero-order valence-corrected chi connectivity index (χ0v) is 22.5. The molecule has 1 aliphatic carbocycles. The molecule has 2 aromatic rings. The third kappa shape index (κ3) is 5.00. The number of benzene rings is 1. The van der Waals surface area contributed by atoms with E-state index in [9.17, 15) is 9.90 Å². The topological polar surface area (TPSA) is 72.8 Å². The van der Waals surface area contributed by atoms with Crippen molar-refractivity contribution in [2.24, 2.45) is 11.8 Å². The van der Waals surface area contributed by atoms with Crippen LogP contribution in [0.15, 0.2) is 48.8 Å². The second kappa shape index (κ2) is 11.5. The van der Waals surface area contributed by atoms with Crippen molar-refractivity contribution in [3.05, 3.63) is 54.4 Å². The van der Waals surface area contributed by atoms with Crippen LogP contribution in [0.4, 0.5) is 5.95 Å². The lowest BCUT2D eigenvalue weighted by Gasteiger charge is -2.53. The molecule has 7 heteroatoms. The fourth-order valence-electron chi connectivity index (χ4n) is 7.62. The second-order valence-electron chi connectivity index (χ2n) is 11.3. The predicted molar refractivity (Wildman–Crippen MR) is 146 cm³/mol. The summed E-state index contributed by atoms with van der Waals surface area (Å²) < 4.78 is 0. The van der Waals surface area contributed by atoms with Crippen LogP contribution < -0.4 is 4.90 Å². The average molecular weight is 506 g/mol. The van der Waals surface area contributed by atoms with Gasteiger partial charge in [0.25, 0.3) is 0 Å². The minimum absolute atomic E-state index is 0.168. The molecule has 1 saturated carbocycles. The Hall–Kier alpha value is -2.51. The standard InChI is InChI=1S/C30H43N5O2/c1-3-34(29-31-18-12-19-32-29)26-17-10-11-20-35(26)30(25-15-8-5-9-16-25)22-33(21-23(30)2)27(28(36)37)24-13-6-4-7-14-24/h5,8-9,12,15-16,18-19,23-24,26-27H,3-4,6-7,10-11,13-14,17,20-22H2,1-2H3,(H,36,37)/t23-,26?,27+,30-/m0/s1. The molecule has 1 unspecified atom stereocenters. The lowest BCUT2D eigenvalue weighted by Crippen LogP contribution is -2.63. The molecule has 0 radical (unpaired) electrons. The van der Waals surface area contributed by atoms with Crippen LogP contribution in [0, 0.1) is 11.8 Å². The summed E-state index contributed by atoms with van der Waals surface area (Å²) in [6.07, 6.45) is 12.8. The minimum Gasteiger partial charge on any atom is -0.480 e. The monoisotopic (exact) mass is 505 g/mol. The highest BCUT2D eigenvalue weighted by Gasteiger charge is 2.55. The van der Waals surface area contributed by atoms with Crippen LogP contribution in [0.25, 0.3) is 0 Å². The van der Waals surface area contributed by atoms with E-state index >= 15 is 0 Å². The first-order valence-electron chi connectivity index (χ1n) is 14.4. The fraction of sp³-hybridized carbons (Fsp3) is 0.633. The van der Waals surface area contributed by atoms with Crippen molar-refractivity contribution in [1.82, 2.24) is 19.8 Å². The number of carboxylic acids is 1. The lowest BCUT2D eigenvalue weighted by molar-refractivity contribution is -0.146.